The third kappa shape index (κ3) is 6.25. The van der Waals surface area contributed by atoms with E-state index in [1.807, 2.05) is 0 Å². The fourth-order valence-electron chi connectivity index (χ4n) is 4.96. The van der Waals surface area contributed by atoms with Crippen LogP contribution in [0.25, 0.3) is 5.57 Å². The largest absolute Gasteiger partial charge is 0.388 e. The van der Waals surface area contributed by atoms with Crippen molar-refractivity contribution in [3.8, 4) is 0 Å². The number of hydrogen-bond donors (Lipinski definition) is 1. The molecule has 3 aromatic carbocycles. The van der Waals surface area contributed by atoms with Crippen molar-refractivity contribution in [1.29, 1.82) is 0 Å². The minimum atomic E-state index is -0.378. The predicted octanol–water partition coefficient (Wildman–Crippen LogP) is 7.40. The molecule has 3 aromatic rings. The summed E-state index contributed by atoms with van der Waals surface area (Å²) in [5.74, 6) is 0. The molecule has 1 saturated heterocycles. The Balaban J connectivity index is 1.33. The van der Waals surface area contributed by atoms with Crippen LogP contribution in [-0.2, 0) is 5.41 Å². The van der Waals surface area contributed by atoms with E-state index in [-0.39, 0.29) is 11.5 Å². The molecule has 2 heteroatoms. The smallest absolute Gasteiger partial charge is 0.0790 e. The SMILES string of the molecule is CC(C)(C)c1ccc(C(O)CCCN2CCC(=C(c3ccccc3)c3ccccc3)CC2)cc1. The van der Waals surface area contributed by atoms with E-state index < -0.39 is 0 Å². The molecule has 0 aliphatic carbocycles. The van der Waals surface area contributed by atoms with Gasteiger partial charge in [-0.05, 0) is 65.5 Å². The third-order valence-corrected chi connectivity index (χ3v) is 7.05. The number of benzene rings is 3. The van der Waals surface area contributed by atoms with Crippen LogP contribution in [0.1, 0.15) is 74.8 Å². The summed E-state index contributed by atoms with van der Waals surface area (Å²) < 4.78 is 0. The highest BCUT2D eigenvalue weighted by atomic mass is 16.3. The fourth-order valence-corrected chi connectivity index (χ4v) is 4.96. The first-order valence-corrected chi connectivity index (χ1v) is 12.8. The van der Waals surface area contributed by atoms with Crippen LogP contribution in [0.15, 0.2) is 90.5 Å². The Morgan fingerprint density at radius 2 is 1.32 bits per heavy atom. The van der Waals surface area contributed by atoms with Gasteiger partial charge in [0.15, 0.2) is 0 Å². The van der Waals surface area contributed by atoms with E-state index in [2.05, 4.69) is 111 Å². The van der Waals surface area contributed by atoms with Crippen molar-refractivity contribution in [3.05, 3.63) is 113 Å². The second kappa shape index (κ2) is 11.2. The Labute approximate surface area is 206 Å². The van der Waals surface area contributed by atoms with E-state index in [4.69, 9.17) is 0 Å². The van der Waals surface area contributed by atoms with E-state index >= 15 is 0 Å². The summed E-state index contributed by atoms with van der Waals surface area (Å²) in [6.07, 6.45) is 3.67. The molecule has 1 unspecified atom stereocenters. The Bertz CT molecular complexity index is 1010. The first-order chi connectivity index (χ1) is 16.4. The van der Waals surface area contributed by atoms with E-state index in [9.17, 15) is 5.11 Å². The van der Waals surface area contributed by atoms with Crippen molar-refractivity contribution in [1.82, 2.24) is 4.90 Å². The van der Waals surface area contributed by atoms with E-state index in [0.29, 0.717) is 0 Å². The van der Waals surface area contributed by atoms with Gasteiger partial charge >= 0.3 is 0 Å². The van der Waals surface area contributed by atoms with Gasteiger partial charge < -0.3 is 10.0 Å². The van der Waals surface area contributed by atoms with Crippen molar-refractivity contribution in [2.24, 2.45) is 0 Å². The summed E-state index contributed by atoms with van der Waals surface area (Å²) in [6, 6.07) is 30.2. The highest BCUT2D eigenvalue weighted by molar-refractivity contribution is 5.82. The zero-order valence-electron chi connectivity index (χ0n) is 21.0. The van der Waals surface area contributed by atoms with Crippen LogP contribution in [-0.4, -0.2) is 29.6 Å². The number of piperidine rings is 1. The van der Waals surface area contributed by atoms with Crippen molar-refractivity contribution in [2.45, 2.75) is 58.0 Å². The van der Waals surface area contributed by atoms with E-state index in [1.54, 1.807) is 5.57 Å². The number of likely N-dealkylation sites (tertiary alicyclic amines) is 1. The average Bonchev–Trinajstić information content (AvgIpc) is 2.86. The topological polar surface area (TPSA) is 23.5 Å². The molecule has 34 heavy (non-hydrogen) atoms. The van der Waals surface area contributed by atoms with Gasteiger partial charge in [0.25, 0.3) is 0 Å². The van der Waals surface area contributed by atoms with Crippen LogP contribution >= 0.6 is 0 Å². The van der Waals surface area contributed by atoms with Crippen molar-refractivity contribution in [2.75, 3.05) is 19.6 Å². The van der Waals surface area contributed by atoms with Gasteiger partial charge in [-0.15, -0.1) is 0 Å². The van der Waals surface area contributed by atoms with Gasteiger partial charge in [0.1, 0.15) is 0 Å². The van der Waals surface area contributed by atoms with Gasteiger partial charge in [0.05, 0.1) is 6.10 Å². The van der Waals surface area contributed by atoms with Crippen molar-refractivity contribution >= 4 is 5.57 Å². The number of aliphatic hydroxyl groups is 1. The molecule has 0 saturated carbocycles. The van der Waals surface area contributed by atoms with Gasteiger partial charge in [-0.1, -0.05) is 111 Å². The Hall–Kier alpha value is -2.68. The number of aliphatic hydroxyl groups excluding tert-OH is 1. The Morgan fingerprint density at radius 1 is 0.794 bits per heavy atom. The van der Waals surface area contributed by atoms with Gasteiger partial charge in [-0.3, -0.25) is 0 Å². The number of hydrogen-bond acceptors (Lipinski definition) is 2. The lowest BCUT2D eigenvalue weighted by atomic mass is 9.86. The molecule has 1 fully saturated rings. The molecule has 2 nitrogen and oxygen atoms in total. The van der Waals surface area contributed by atoms with Gasteiger partial charge in [0, 0.05) is 13.1 Å². The molecular weight excluding hydrogens is 414 g/mol. The number of nitrogens with zero attached hydrogens (tertiary/aromatic N) is 1. The standard InChI is InChI=1S/C32H39NO/c1-32(2,3)29-18-16-25(17-19-29)30(34)15-10-22-33-23-20-28(21-24-33)31(26-11-6-4-7-12-26)27-13-8-5-9-14-27/h4-9,11-14,16-19,30,34H,10,15,20-24H2,1-3H3. The van der Waals surface area contributed by atoms with E-state index in [1.165, 1.54) is 22.3 Å². The summed E-state index contributed by atoms with van der Waals surface area (Å²) in [5, 5.41) is 10.7. The zero-order chi connectivity index (χ0) is 24.0. The maximum atomic E-state index is 10.7. The third-order valence-electron chi connectivity index (χ3n) is 7.05. The van der Waals surface area contributed by atoms with Crippen LogP contribution in [0.4, 0.5) is 0 Å². The minimum absolute atomic E-state index is 0.145. The van der Waals surface area contributed by atoms with Crippen molar-refractivity contribution < 1.29 is 5.11 Å². The monoisotopic (exact) mass is 453 g/mol. The second-order valence-corrected chi connectivity index (χ2v) is 10.6. The summed E-state index contributed by atoms with van der Waals surface area (Å²) in [7, 11) is 0. The Kier molecular flexibility index (Phi) is 8.03. The summed E-state index contributed by atoms with van der Waals surface area (Å²) >= 11 is 0. The quantitative estimate of drug-likeness (QED) is 0.403. The maximum Gasteiger partial charge on any atom is 0.0790 e. The van der Waals surface area contributed by atoms with Crippen molar-refractivity contribution in [3.63, 3.8) is 0 Å². The molecule has 0 aromatic heterocycles. The molecule has 0 bridgehead atoms. The van der Waals surface area contributed by atoms with Gasteiger partial charge in [0.2, 0.25) is 0 Å². The van der Waals surface area contributed by atoms with Crippen LogP contribution in [0.5, 0.6) is 0 Å². The number of rotatable bonds is 7. The van der Waals surface area contributed by atoms with Crippen LogP contribution in [0.2, 0.25) is 0 Å². The molecule has 1 N–H and O–H groups in total. The summed E-state index contributed by atoms with van der Waals surface area (Å²) in [6.45, 7) is 9.90. The van der Waals surface area contributed by atoms with Gasteiger partial charge in [-0.2, -0.15) is 0 Å². The normalized spacial score (nSPS) is 15.8. The first-order valence-electron chi connectivity index (χ1n) is 12.8. The van der Waals surface area contributed by atoms with Gasteiger partial charge in [-0.25, -0.2) is 0 Å². The molecule has 1 aliphatic rings. The van der Waals surface area contributed by atoms with E-state index in [0.717, 1.165) is 50.9 Å². The molecule has 1 atom stereocenters. The minimum Gasteiger partial charge on any atom is -0.388 e. The first kappa shape index (κ1) is 24.4. The molecule has 0 spiro atoms. The fraction of sp³-hybridized carbons (Fsp3) is 0.375. The molecule has 178 valence electrons. The summed E-state index contributed by atoms with van der Waals surface area (Å²) in [5.41, 5.74) is 8.10. The molecule has 0 amide bonds. The molecule has 0 radical (unpaired) electrons. The second-order valence-electron chi connectivity index (χ2n) is 10.6. The van der Waals surface area contributed by atoms with Crippen LogP contribution in [0.3, 0.4) is 0 Å². The lowest BCUT2D eigenvalue weighted by Crippen LogP contribution is -2.32. The Morgan fingerprint density at radius 3 is 1.82 bits per heavy atom. The lowest BCUT2D eigenvalue weighted by molar-refractivity contribution is 0.153. The highest BCUT2D eigenvalue weighted by Gasteiger charge is 2.19. The van der Waals surface area contributed by atoms with Crippen LogP contribution < -0.4 is 0 Å². The molecule has 1 heterocycles. The highest BCUT2D eigenvalue weighted by Crippen LogP contribution is 2.32. The molecular formula is C32H39NO. The zero-order valence-corrected chi connectivity index (χ0v) is 21.0. The molecule has 1 aliphatic heterocycles. The predicted molar refractivity (Wildman–Crippen MR) is 144 cm³/mol. The molecule has 4 rings (SSSR count). The van der Waals surface area contributed by atoms with Crippen LogP contribution in [0, 0.1) is 0 Å². The lowest BCUT2D eigenvalue weighted by Gasteiger charge is -2.30. The maximum absolute atomic E-state index is 10.7. The average molecular weight is 454 g/mol. The summed E-state index contributed by atoms with van der Waals surface area (Å²) in [4.78, 5) is 2.56.